The number of carboxylic acid groups (broad SMARTS) is 1. The lowest BCUT2D eigenvalue weighted by Gasteiger charge is -2.24. The van der Waals surface area contributed by atoms with Crippen molar-refractivity contribution >= 4 is 17.4 Å². The number of carboxylic acids is 1. The maximum absolute atomic E-state index is 12.6. The minimum Gasteiger partial charge on any atom is -0.480 e. The number of benzene rings is 2. The highest BCUT2D eigenvalue weighted by Crippen LogP contribution is 2.32. The Morgan fingerprint density at radius 3 is 2.67 bits per heavy atom. The molecule has 1 unspecified atom stereocenters. The molecule has 0 saturated heterocycles. The molecule has 1 aliphatic rings. The highest BCUT2D eigenvalue weighted by atomic mass is 16.4. The number of ketones is 1. The Kier molecular flexibility index (Phi) is 4.38. The number of aliphatic carboxylic acids is 1. The third-order valence-corrected chi connectivity index (χ3v) is 4.65. The molecule has 1 heterocycles. The van der Waals surface area contributed by atoms with Crippen molar-refractivity contribution in [3.63, 3.8) is 0 Å². The Morgan fingerprint density at radius 1 is 1.17 bits per heavy atom. The van der Waals surface area contributed by atoms with Crippen molar-refractivity contribution in [2.45, 2.75) is 32.7 Å². The van der Waals surface area contributed by atoms with E-state index in [0.29, 0.717) is 19.4 Å². The van der Waals surface area contributed by atoms with Crippen LogP contribution >= 0.6 is 0 Å². The van der Waals surface area contributed by atoms with Crippen molar-refractivity contribution in [1.29, 1.82) is 0 Å². The number of aryl methyl sites for hydroxylation is 2. The van der Waals surface area contributed by atoms with E-state index in [4.69, 9.17) is 0 Å². The van der Waals surface area contributed by atoms with E-state index in [0.717, 1.165) is 27.9 Å². The number of anilines is 1. The number of para-hydroxylation sites is 1. The summed E-state index contributed by atoms with van der Waals surface area (Å²) in [5, 5.41) is 9.49. The average molecular weight is 323 g/mol. The van der Waals surface area contributed by atoms with Crippen LogP contribution in [0, 0.1) is 13.8 Å². The van der Waals surface area contributed by atoms with Gasteiger partial charge >= 0.3 is 5.97 Å². The standard InChI is InChI=1S/C20H21NO3/c1-13-7-8-14(2)16(11-13)19(22)9-10-21-17-6-4-3-5-15(17)12-18(21)20(23)24/h3-8,11,18H,9-10,12H2,1-2H3,(H,23,24). The van der Waals surface area contributed by atoms with Crippen LogP contribution in [0.1, 0.15) is 33.5 Å². The predicted molar refractivity (Wildman–Crippen MR) is 93.8 cm³/mol. The molecule has 0 aliphatic carbocycles. The molecule has 0 radical (unpaired) electrons. The summed E-state index contributed by atoms with van der Waals surface area (Å²) in [5.74, 6) is -0.782. The molecule has 0 amide bonds. The Bertz CT molecular complexity index is 797. The van der Waals surface area contributed by atoms with Gasteiger partial charge in [0.15, 0.2) is 5.78 Å². The summed E-state index contributed by atoms with van der Waals surface area (Å²) in [4.78, 5) is 26.0. The number of carbonyl (C=O) groups excluding carboxylic acids is 1. The summed E-state index contributed by atoms with van der Waals surface area (Å²) < 4.78 is 0. The zero-order valence-corrected chi connectivity index (χ0v) is 14.0. The van der Waals surface area contributed by atoms with Crippen LogP contribution in [0.25, 0.3) is 0 Å². The molecule has 0 spiro atoms. The molecule has 24 heavy (non-hydrogen) atoms. The van der Waals surface area contributed by atoms with E-state index < -0.39 is 12.0 Å². The Balaban J connectivity index is 1.78. The molecule has 4 nitrogen and oxygen atoms in total. The zero-order valence-electron chi connectivity index (χ0n) is 14.0. The molecule has 1 atom stereocenters. The van der Waals surface area contributed by atoms with Crippen LogP contribution in [-0.2, 0) is 11.2 Å². The normalized spacial score (nSPS) is 16.1. The number of Topliss-reactive ketones (excluding diaryl/α,β-unsaturated/α-hetero) is 1. The van der Waals surface area contributed by atoms with Gasteiger partial charge in [-0.05, 0) is 37.1 Å². The number of rotatable bonds is 5. The van der Waals surface area contributed by atoms with Crippen LogP contribution in [0.3, 0.4) is 0 Å². The first-order chi connectivity index (χ1) is 11.5. The van der Waals surface area contributed by atoms with Gasteiger partial charge in [-0.15, -0.1) is 0 Å². The number of hydrogen-bond donors (Lipinski definition) is 1. The summed E-state index contributed by atoms with van der Waals surface area (Å²) in [6.07, 6.45) is 0.797. The quantitative estimate of drug-likeness (QED) is 0.857. The molecule has 0 fully saturated rings. The Hall–Kier alpha value is -2.62. The van der Waals surface area contributed by atoms with Crippen LogP contribution in [0.2, 0.25) is 0 Å². The molecule has 124 valence electrons. The molecular weight excluding hydrogens is 302 g/mol. The van der Waals surface area contributed by atoms with Gasteiger partial charge in [0.25, 0.3) is 0 Å². The highest BCUT2D eigenvalue weighted by molar-refractivity contribution is 5.98. The highest BCUT2D eigenvalue weighted by Gasteiger charge is 2.34. The zero-order chi connectivity index (χ0) is 17.3. The molecule has 2 aromatic rings. The van der Waals surface area contributed by atoms with Crippen molar-refractivity contribution in [3.8, 4) is 0 Å². The van der Waals surface area contributed by atoms with E-state index in [-0.39, 0.29) is 5.78 Å². The van der Waals surface area contributed by atoms with E-state index >= 15 is 0 Å². The smallest absolute Gasteiger partial charge is 0.326 e. The summed E-state index contributed by atoms with van der Waals surface area (Å²) in [6, 6.07) is 13.0. The minimum atomic E-state index is -0.842. The van der Waals surface area contributed by atoms with E-state index in [1.807, 2.05) is 61.2 Å². The van der Waals surface area contributed by atoms with E-state index in [1.54, 1.807) is 0 Å². The van der Waals surface area contributed by atoms with Gasteiger partial charge in [-0.1, -0.05) is 35.9 Å². The van der Waals surface area contributed by atoms with E-state index in [1.165, 1.54) is 0 Å². The van der Waals surface area contributed by atoms with E-state index in [2.05, 4.69) is 0 Å². The minimum absolute atomic E-state index is 0.0599. The van der Waals surface area contributed by atoms with Crippen LogP contribution in [-0.4, -0.2) is 29.4 Å². The summed E-state index contributed by atoms with van der Waals surface area (Å²) in [7, 11) is 0. The van der Waals surface area contributed by atoms with Crippen molar-refractivity contribution in [3.05, 3.63) is 64.7 Å². The summed E-state index contributed by atoms with van der Waals surface area (Å²) >= 11 is 0. The van der Waals surface area contributed by atoms with Crippen molar-refractivity contribution in [1.82, 2.24) is 0 Å². The molecule has 1 aliphatic heterocycles. The first-order valence-electron chi connectivity index (χ1n) is 8.15. The monoisotopic (exact) mass is 323 g/mol. The second kappa shape index (κ2) is 6.48. The van der Waals surface area contributed by atoms with E-state index in [9.17, 15) is 14.7 Å². The molecular formula is C20H21NO3. The Morgan fingerprint density at radius 2 is 1.92 bits per heavy atom. The van der Waals surface area contributed by atoms with Gasteiger partial charge < -0.3 is 10.0 Å². The fourth-order valence-electron chi connectivity index (χ4n) is 3.34. The largest absolute Gasteiger partial charge is 0.480 e. The third kappa shape index (κ3) is 3.04. The van der Waals surface area contributed by atoms with Crippen LogP contribution in [0.4, 0.5) is 5.69 Å². The van der Waals surface area contributed by atoms with Gasteiger partial charge in [-0.3, -0.25) is 4.79 Å². The fraction of sp³-hybridized carbons (Fsp3) is 0.300. The number of carbonyl (C=O) groups is 2. The topological polar surface area (TPSA) is 57.6 Å². The van der Waals surface area contributed by atoms with Gasteiger partial charge in [0, 0.05) is 30.6 Å². The van der Waals surface area contributed by atoms with Gasteiger partial charge in [-0.2, -0.15) is 0 Å². The second-order valence-electron chi connectivity index (χ2n) is 6.37. The molecule has 1 N–H and O–H groups in total. The van der Waals surface area contributed by atoms with Crippen molar-refractivity contribution in [2.24, 2.45) is 0 Å². The number of fused-ring (bicyclic) bond motifs is 1. The first-order valence-corrected chi connectivity index (χ1v) is 8.15. The fourth-order valence-corrected chi connectivity index (χ4v) is 3.34. The molecule has 0 saturated carbocycles. The van der Waals surface area contributed by atoms with Gasteiger partial charge in [-0.25, -0.2) is 4.79 Å². The number of nitrogens with zero attached hydrogens (tertiary/aromatic N) is 1. The Labute approximate surface area is 141 Å². The molecule has 3 rings (SSSR count). The lowest BCUT2D eigenvalue weighted by molar-refractivity contribution is -0.138. The molecule has 2 aromatic carbocycles. The SMILES string of the molecule is Cc1ccc(C)c(C(=O)CCN2c3ccccc3CC2C(=O)O)c1. The van der Waals surface area contributed by atoms with Crippen LogP contribution in [0.5, 0.6) is 0 Å². The van der Waals surface area contributed by atoms with Crippen molar-refractivity contribution < 1.29 is 14.7 Å². The van der Waals surface area contributed by atoms with Gasteiger partial charge in [0.1, 0.15) is 6.04 Å². The van der Waals surface area contributed by atoms with Crippen molar-refractivity contribution in [2.75, 3.05) is 11.4 Å². The lowest BCUT2D eigenvalue weighted by Crippen LogP contribution is -2.39. The average Bonchev–Trinajstić information content (AvgIpc) is 2.94. The maximum atomic E-state index is 12.6. The second-order valence-corrected chi connectivity index (χ2v) is 6.37. The first kappa shape index (κ1) is 16.2. The maximum Gasteiger partial charge on any atom is 0.326 e. The van der Waals surface area contributed by atoms with Crippen LogP contribution < -0.4 is 4.90 Å². The lowest BCUT2D eigenvalue weighted by atomic mass is 10.00. The molecule has 4 heteroatoms. The summed E-state index contributed by atoms with van der Waals surface area (Å²) in [5.41, 5.74) is 4.71. The molecule has 0 bridgehead atoms. The predicted octanol–water partition coefficient (Wildman–Crippen LogP) is 3.39. The summed E-state index contributed by atoms with van der Waals surface area (Å²) in [6.45, 7) is 4.31. The number of hydrogen-bond acceptors (Lipinski definition) is 3. The van der Waals surface area contributed by atoms with Crippen LogP contribution in [0.15, 0.2) is 42.5 Å². The van der Waals surface area contributed by atoms with Gasteiger partial charge in [0.2, 0.25) is 0 Å². The van der Waals surface area contributed by atoms with Gasteiger partial charge in [0.05, 0.1) is 0 Å². The molecule has 0 aromatic heterocycles. The third-order valence-electron chi connectivity index (χ3n) is 4.65.